The Balaban J connectivity index is 1.29. The first kappa shape index (κ1) is 20.7. The number of thioether (sulfide) groups is 1. The van der Waals surface area contributed by atoms with Gasteiger partial charge in [-0.25, -0.2) is 0 Å². The zero-order chi connectivity index (χ0) is 20.9. The Labute approximate surface area is 181 Å². The Morgan fingerprint density at radius 3 is 2.57 bits per heavy atom. The molecule has 158 valence electrons. The molecular weight excluding hydrogens is 398 g/mol. The molecule has 0 spiro atoms. The zero-order valence-corrected chi connectivity index (χ0v) is 18.2. The largest absolute Gasteiger partial charge is 0.468 e. The third kappa shape index (κ3) is 4.94. The monoisotopic (exact) mass is 425 g/mol. The molecule has 3 heterocycles. The first-order valence-corrected chi connectivity index (χ1v) is 11.2. The van der Waals surface area contributed by atoms with Crippen molar-refractivity contribution in [2.24, 2.45) is 0 Å². The number of aromatic nitrogens is 3. The molecule has 3 aromatic rings. The summed E-state index contributed by atoms with van der Waals surface area (Å²) in [6.45, 7) is 8.34. The molecule has 1 amide bonds. The van der Waals surface area contributed by atoms with E-state index in [0.29, 0.717) is 11.7 Å². The van der Waals surface area contributed by atoms with E-state index in [1.54, 1.807) is 12.6 Å². The van der Waals surface area contributed by atoms with Crippen LogP contribution < -0.4 is 0 Å². The van der Waals surface area contributed by atoms with E-state index in [2.05, 4.69) is 53.2 Å². The van der Waals surface area contributed by atoms with Crippen LogP contribution in [0.2, 0.25) is 0 Å². The average Bonchev–Trinajstić information content (AvgIpc) is 3.44. The predicted octanol–water partition coefficient (Wildman–Crippen LogP) is 3.42. The highest BCUT2D eigenvalue weighted by molar-refractivity contribution is 7.99. The molecule has 30 heavy (non-hydrogen) atoms. The fourth-order valence-corrected chi connectivity index (χ4v) is 4.35. The van der Waals surface area contributed by atoms with Gasteiger partial charge in [0.2, 0.25) is 5.91 Å². The lowest BCUT2D eigenvalue weighted by atomic mass is 10.0. The van der Waals surface area contributed by atoms with Crippen LogP contribution in [0.3, 0.4) is 0 Å². The molecule has 0 N–H and O–H groups in total. The van der Waals surface area contributed by atoms with Gasteiger partial charge in [-0.2, -0.15) is 0 Å². The maximum absolute atomic E-state index is 12.7. The van der Waals surface area contributed by atoms with E-state index >= 15 is 0 Å². The topological polar surface area (TPSA) is 67.4 Å². The molecule has 0 aliphatic carbocycles. The fraction of sp³-hybridized carbons (Fsp3) is 0.409. The lowest BCUT2D eigenvalue weighted by Gasteiger charge is -2.34. The van der Waals surface area contributed by atoms with Gasteiger partial charge in [0.05, 0.1) is 18.6 Å². The first-order valence-electron chi connectivity index (χ1n) is 10.3. The molecule has 4 rings (SSSR count). The Morgan fingerprint density at radius 2 is 1.90 bits per heavy atom. The zero-order valence-electron chi connectivity index (χ0n) is 17.4. The molecule has 2 aromatic heterocycles. The van der Waals surface area contributed by atoms with Gasteiger partial charge in [0.15, 0.2) is 5.16 Å². The minimum Gasteiger partial charge on any atom is -0.468 e. The second-order valence-electron chi connectivity index (χ2n) is 7.75. The molecule has 8 heteroatoms. The summed E-state index contributed by atoms with van der Waals surface area (Å²) in [6, 6.07) is 12.3. The van der Waals surface area contributed by atoms with Crippen molar-refractivity contribution in [3.05, 3.63) is 60.3 Å². The molecule has 1 aliphatic heterocycles. The maximum atomic E-state index is 12.7. The predicted molar refractivity (Wildman–Crippen MR) is 117 cm³/mol. The molecule has 1 saturated heterocycles. The minimum absolute atomic E-state index is 0.141. The Bertz CT molecular complexity index is 944. The van der Waals surface area contributed by atoms with Crippen molar-refractivity contribution in [3.63, 3.8) is 0 Å². The lowest BCUT2D eigenvalue weighted by Crippen LogP contribution is -2.48. The summed E-state index contributed by atoms with van der Waals surface area (Å²) in [4.78, 5) is 16.9. The van der Waals surface area contributed by atoms with Crippen LogP contribution in [-0.2, 0) is 11.3 Å². The van der Waals surface area contributed by atoms with Gasteiger partial charge >= 0.3 is 0 Å². The van der Waals surface area contributed by atoms with Crippen LogP contribution in [0.15, 0.2) is 58.6 Å². The van der Waals surface area contributed by atoms with Crippen molar-refractivity contribution in [1.82, 2.24) is 24.6 Å². The van der Waals surface area contributed by atoms with E-state index in [-0.39, 0.29) is 5.91 Å². The number of carbonyl (C=O) groups excluding carboxylic acids is 1. The van der Waals surface area contributed by atoms with Gasteiger partial charge in [0.25, 0.3) is 0 Å². The molecule has 0 radical (unpaired) electrons. The standard InChI is InChI=1S/C22H27N5O2S/c1-17(2)18-5-7-19(8-6-18)27-16-23-24-22(27)30-15-21(28)26-11-9-25(10-12-26)14-20-4-3-13-29-20/h3-8,13,16-17H,9-12,14-15H2,1-2H3. The van der Waals surface area contributed by atoms with Gasteiger partial charge < -0.3 is 9.32 Å². The molecular formula is C22H27N5O2S. The molecule has 1 aliphatic rings. The second-order valence-corrected chi connectivity index (χ2v) is 8.70. The normalized spacial score (nSPS) is 15.1. The summed E-state index contributed by atoms with van der Waals surface area (Å²) in [5.41, 5.74) is 2.30. The summed E-state index contributed by atoms with van der Waals surface area (Å²) in [7, 11) is 0. The number of rotatable bonds is 7. The molecule has 0 unspecified atom stereocenters. The summed E-state index contributed by atoms with van der Waals surface area (Å²) >= 11 is 1.43. The van der Waals surface area contributed by atoms with Crippen molar-refractivity contribution in [3.8, 4) is 5.69 Å². The summed E-state index contributed by atoms with van der Waals surface area (Å²) in [5, 5.41) is 8.98. The smallest absolute Gasteiger partial charge is 0.233 e. The molecule has 1 fully saturated rings. The number of amides is 1. The highest BCUT2D eigenvalue weighted by atomic mass is 32.2. The third-order valence-electron chi connectivity index (χ3n) is 5.36. The van der Waals surface area contributed by atoms with Crippen LogP contribution in [0.1, 0.15) is 31.1 Å². The summed E-state index contributed by atoms with van der Waals surface area (Å²) in [6.07, 6.45) is 3.40. The van der Waals surface area contributed by atoms with Crippen LogP contribution in [0.25, 0.3) is 5.69 Å². The van der Waals surface area contributed by atoms with Gasteiger partial charge in [-0.15, -0.1) is 10.2 Å². The van der Waals surface area contributed by atoms with Crippen LogP contribution in [0.4, 0.5) is 0 Å². The van der Waals surface area contributed by atoms with Crippen molar-refractivity contribution in [2.75, 3.05) is 31.9 Å². The summed E-state index contributed by atoms with van der Waals surface area (Å²) < 4.78 is 7.35. The molecule has 1 aromatic carbocycles. The van der Waals surface area contributed by atoms with Gasteiger partial charge in [0.1, 0.15) is 12.1 Å². The fourth-order valence-electron chi connectivity index (χ4n) is 3.52. The van der Waals surface area contributed by atoms with E-state index in [4.69, 9.17) is 4.42 Å². The van der Waals surface area contributed by atoms with E-state index in [1.165, 1.54) is 17.3 Å². The number of furan rings is 1. The molecule has 0 bridgehead atoms. The van der Waals surface area contributed by atoms with Gasteiger partial charge in [-0.3, -0.25) is 14.3 Å². The van der Waals surface area contributed by atoms with Crippen LogP contribution in [0.5, 0.6) is 0 Å². The molecule has 0 atom stereocenters. The number of piperazine rings is 1. The average molecular weight is 426 g/mol. The van der Waals surface area contributed by atoms with Crippen LogP contribution >= 0.6 is 11.8 Å². The van der Waals surface area contributed by atoms with E-state index < -0.39 is 0 Å². The minimum atomic E-state index is 0.141. The number of carbonyl (C=O) groups is 1. The SMILES string of the molecule is CC(C)c1ccc(-n2cnnc2SCC(=O)N2CCN(Cc3ccco3)CC2)cc1. The van der Waals surface area contributed by atoms with E-state index in [9.17, 15) is 4.79 Å². The number of hydrogen-bond donors (Lipinski definition) is 0. The number of hydrogen-bond acceptors (Lipinski definition) is 6. The highest BCUT2D eigenvalue weighted by Gasteiger charge is 2.22. The Morgan fingerprint density at radius 1 is 1.13 bits per heavy atom. The molecule has 0 saturated carbocycles. The summed E-state index contributed by atoms with van der Waals surface area (Å²) in [5.74, 6) is 1.96. The second kappa shape index (κ2) is 9.49. The van der Waals surface area contributed by atoms with Crippen molar-refractivity contribution in [1.29, 1.82) is 0 Å². The van der Waals surface area contributed by atoms with Crippen molar-refractivity contribution < 1.29 is 9.21 Å². The quantitative estimate of drug-likeness (QED) is 0.541. The van der Waals surface area contributed by atoms with Crippen LogP contribution in [0, 0.1) is 0 Å². The van der Waals surface area contributed by atoms with E-state index in [1.807, 2.05) is 21.6 Å². The van der Waals surface area contributed by atoms with Crippen molar-refractivity contribution >= 4 is 17.7 Å². The number of benzene rings is 1. The third-order valence-corrected chi connectivity index (χ3v) is 6.29. The first-order chi connectivity index (χ1) is 14.6. The maximum Gasteiger partial charge on any atom is 0.233 e. The van der Waals surface area contributed by atoms with E-state index in [0.717, 1.165) is 49.3 Å². The highest BCUT2D eigenvalue weighted by Crippen LogP contribution is 2.22. The van der Waals surface area contributed by atoms with Crippen molar-refractivity contribution in [2.45, 2.75) is 31.5 Å². The van der Waals surface area contributed by atoms with Gasteiger partial charge in [0, 0.05) is 31.9 Å². The lowest BCUT2D eigenvalue weighted by molar-refractivity contribution is -0.130. The van der Waals surface area contributed by atoms with Crippen LogP contribution in [-0.4, -0.2) is 62.4 Å². The van der Waals surface area contributed by atoms with Gasteiger partial charge in [-0.1, -0.05) is 37.7 Å². The Hall–Kier alpha value is -2.58. The Kier molecular flexibility index (Phi) is 6.54. The number of nitrogens with zero attached hydrogens (tertiary/aromatic N) is 5. The molecule has 7 nitrogen and oxygen atoms in total. The van der Waals surface area contributed by atoms with Gasteiger partial charge in [-0.05, 0) is 35.7 Å².